The lowest BCUT2D eigenvalue weighted by atomic mass is 9.97. The van der Waals surface area contributed by atoms with Crippen molar-refractivity contribution in [2.45, 2.75) is 22.6 Å². The average Bonchev–Trinajstić information content (AvgIpc) is 3.27. The molecular formula is C21H21FN4O6S2. The molecule has 10 nitrogen and oxygen atoms in total. The van der Waals surface area contributed by atoms with Crippen LogP contribution in [0.4, 0.5) is 10.4 Å². The van der Waals surface area contributed by atoms with Gasteiger partial charge in [0.2, 0.25) is 21.8 Å². The first-order valence-corrected chi connectivity index (χ1v) is 13.6. The summed E-state index contributed by atoms with van der Waals surface area (Å²) in [5.41, 5.74) is 0.384. The molecule has 1 fully saturated rings. The molecule has 2 heterocycles. The number of hydrogen-bond donors (Lipinski definition) is 1. The number of benzene rings is 2. The molecule has 180 valence electrons. The molecule has 1 saturated heterocycles. The third-order valence-electron chi connectivity index (χ3n) is 5.44. The van der Waals surface area contributed by atoms with Gasteiger partial charge in [0.05, 0.1) is 9.79 Å². The van der Waals surface area contributed by atoms with Gasteiger partial charge in [-0.05, 0) is 55.3 Å². The van der Waals surface area contributed by atoms with Crippen LogP contribution in [0.25, 0.3) is 11.5 Å². The molecule has 3 aromatic rings. The summed E-state index contributed by atoms with van der Waals surface area (Å²) in [6, 6.07) is 10.4. The highest BCUT2D eigenvalue weighted by molar-refractivity contribution is 7.90. The van der Waals surface area contributed by atoms with Crippen LogP contribution in [-0.4, -0.2) is 56.6 Å². The number of aromatic nitrogens is 2. The van der Waals surface area contributed by atoms with Gasteiger partial charge in [0.1, 0.15) is 5.82 Å². The number of sulfonamides is 1. The fourth-order valence-electron chi connectivity index (χ4n) is 3.57. The summed E-state index contributed by atoms with van der Waals surface area (Å²) in [5.74, 6) is -1.34. The number of sulfone groups is 1. The van der Waals surface area contributed by atoms with Crippen molar-refractivity contribution in [3.63, 3.8) is 0 Å². The quantitative estimate of drug-likeness (QED) is 0.535. The Bertz CT molecular complexity index is 1410. The number of nitrogens with zero attached hydrogens (tertiary/aromatic N) is 3. The molecule has 4 rings (SSSR count). The summed E-state index contributed by atoms with van der Waals surface area (Å²) in [4.78, 5) is 12.7. The van der Waals surface area contributed by atoms with Crippen molar-refractivity contribution in [3.8, 4) is 11.5 Å². The molecule has 1 amide bonds. The molecule has 1 aliphatic heterocycles. The molecule has 1 aliphatic rings. The van der Waals surface area contributed by atoms with Crippen molar-refractivity contribution in [2.75, 3.05) is 24.7 Å². The minimum atomic E-state index is -3.78. The zero-order chi connectivity index (χ0) is 24.5. The van der Waals surface area contributed by atoms with Crippen molar-refractivity contribution in [1.82, 2.24) is 14.5 Å². The molecule has 13 heteroatoms. The van der Waals surface area contributed by atoms with Gasteiger partial charge in [-0.1, -0.05) is 11.2 Å². The first kappa shape index (κ1) is 24.0. The molecule has 0 radical (unpaired) electrons. The van der Waals surface area contributed by atoms with E-state index >= 15 is 0 Å². The highest BCUT2D eigenvalue weighted by atomic mass is 32.2. The highest BCUT2D eigenvalue weighted by Crippen LogP contribution is 2.26. The SMILES string of the molecule is CS(=O)(=O)c1cccc(-c2nnc(NC(=O)C3CCN(S(=O)(=O)c4ccc(F)cc4)CC3)o2)c1. The molecule has 0 atom stereocenters. The fraction of sp³-hybridized carbons (Fsp3) is 0.286. The van der Waals surface area contributed by atoms with Crippen LogP contribution in [0.3, 0.4) is 0 Å². The second kappa shape index (κ2) is 9.24. The lowest BCUT2D eigenvalue weighted by Crippen LogP contribution is -2.41. The number of halogens is 1. The van der Waals surface area contributed by atoms with E-state index < -0.39 is 31.6 Å². The maximum absolute atomic E-state index is 13.1. The van der Waals surface area contributed by atoms with Crippen LogP contribution in [0, 0.1) is 11.7 Å². The average molecular weight is 509 g/mol. The predicted molar refractivity (Wildman–Crippen MR) is 119 cm³/mol. The van der Waals surface area contributed by atoms with Crippen molar-refractivity contribution in [1.29, 1.82) is 0 Å². The number of nitrogens with one attached hydrogen (secondary N) is 1. The van der Waals surface area contributed by atoms with Gasteiger partial charge in [-0.2, -0.15) is 4.31 Å². The maximum atomic E-state index is 13.1. The maximum Gasteiger partial charge on any atom is 0.322 e. The minimum absolute atomic E-state index is 0.00451. The Morgan fingerprint density at radius 1 is 1.03 bits per heavy atom. The molecule has 2 aromatic carbocycles. The molecule has 1 aromatic heterocycles. The van der Waals surface area contributed by atoms with Crippen molar-refractivity contribution in [2.24, 2.45) is 5.92 Å². The Labute approximate surface area is 195 Å². The number of piperidine rings is 1. The second-order valence-electron chi connectivity index (χ2n) is 7.83. The van der Waals surface area contributed by atoms with E-state index in [2.05, 4.69) is 15.5 Å². The molecule has 0 saturated carbocycles. The van der Waals surface area contributed by atoms with Crippen LogP contribution in [-0.2, 0) is 24.7 Å². The predicted octanol–water partition coefficient (Wildman–Crippen LogP) is 2.32. The lowest BCUT2D eigenvalue weighted by Gasteiger charge is -2.30. The largest absolute Gasteiger partial charge is 0.403 e. The zero-order valence-corrected chi connectivity index (χ0v) is 19.6. The van der Waals surface area contributed by atoms with Crippen LogP contribution >= 0.6 is 0 Å². The molecular weight excluding hydrogens is 487 g/mol. The van der Waals surface area contributed by atoms with E-state index in [1.54, 1.807) is 12.1 Å². The summed E-state index contributed by atoms with van der Waals surface area (Å²) in [6.07, 6.45) is 1.65. The van der Waals surface area contributed by atoms with Gasteiger partial charge in [-0.3, -0.25) is 10.1 Å². The van der Waals surface area contributed by atoms with E-state index in [4.69, 9.17) is 4.42 Å². The van der Waals surface area contributed by atoms with Crippen LogP contribution in [0.15, 0.2) is 62.7 Å². The Morgan fingerprint density at radius 3 is 2.35 bits per heavy atom. The summed E-state index contributed by atoms with van der Waals surface area (Å²) in [7, 11) is -7.19. The van der Waals surface area contributed by atoms with Crippen LogP contribution in [0.5, 0.6) is 0 Å². The van der Waals surface area contributed by atoms with E-state index in [0.29, 0.717) is 5.56 Å². The Morgan fingerprint density at radius 2 is 1.71 bits per heavy atom. The molecule has 0 aliphatic carbocycles. The van der Waals surface area contributed by atoms with E-state index in [1.807, 2.05) is 0 Å². The van der Waals surface area contributed by atoms with E-state index in [9.17, 15) is 26.0 Å². The van der Waals surface area contributed by atoms with Crippen molar-refractivity contribution >= 4 is 31.8 Å². The molecule has 0 spiro atoms. The minimum Gasteiger partial charge on any atom is -0.403 e. The zero-order valence-electron chi connectivity index (χ0n) is 18.0. The molecule has 34 heavy (non-hydrogen) atoms. The molecule has 0 bridgehead atoms. The number of hydrogen-bond acceptors (Lipinski definition) is 8. The van der Waals surface area contributed by atoms with E-state index in [-0.39, 0.29) is 53.5 Å². The van der Waals surface area contributed by atoms with Crippen LogP contribution < -0.4 is 5.32 Å². The van der Waals surface area contributed by atoms with Crippen molar-refractivity contribution in [3.05, 3.63) is 54.3 Å². The summed E-state index contributed by atoms with van der Waals surface area (Å²) < 4.78 is 68.8. The van der Waals surface area contributed by atoms with E-state index in [1.165, 1.54) is 28.6 Å². The summed E-state index contributed by atoms with van der Waals surface area (Å²) >= 11 is 0. The Kier molecular flexibility index (Phi) is 6.51. The topological polar surface area (TPSA) is 140 Å². The van der Waals surface area contributed by atoms with Gasteiger partial charge < -0.3 is 4.42 Å². The van der Waals surface area contributed by atoms with Crippen LogP contribution in [0.2, 0.25) is 0 Å². The first-order chi connectivity index (χ1) is 16.0. The third kappa shape index (κ3) is 5.16. The Balaban J connectivity index is 1.38. The van der Waals surface area contributed by atoms with Gasteiger partial charge >= 0.3 is 6.01 Å². The lowest BCUT2D eigenvalue weighted by molar-refractivity contribution is -0.121. The van der Waals surface area contributed by atoms with Crippen molar-refractivity contribution < 1.29 is 30.4 Å². The monoisotopic (exact) mass is 508 g/mol. The summed E-state index contributed by atoms with van der Waals surface area (Å²) in [5, 5.41) is 10.2. The van der Waals surface area contributed by atoms with Gasteiger partial charge in [0.25, 0.3) is 0 Å². The molecule has 1 N–H and O–H groups in total. The standard InChI is InChI=1S/C21H21FN4O6S2/c1-33(28,29)18-4-2-3-15(13-18)20-24-25-21(32-20)23-19(27)14-9-11-26(12-10-14)34(30,31)17-7-5-16(22)6-8-17/h2-8,13-14H,9-12H2,1H3,(H,23,25,27). The fourth-order valence-corrected chi connectivity index (χ4v) is 5.71. The Hall–Kier alpha value is -3.16. The second-order valence-corrected chi connectivity index (χ2v) is 11.8. The number of carbonyl (C=O) groups is 1. The number of anilines is 1. The third-order valence-corrected chi connectivity index (χ3v) is 8.46. The highest BCUT2D eigenvalue weighted by Gasteiger charge is 2.32. The summed E-state index contributed by atoms with van der Waals surface area (Å²) in [6.45, 7) is 0.260. The van der Waals surface area contributed by atoms with Gasteiger partial charge in [-0.15, -0.1) is 5.10 Å². The number of carbonyl (C=O) groups excluding carboxylic acids is 1. The van der Waals surface area contributed by atoms with Gasteiger partial charge in [0.15, 0.2) is 9.84 Å². The van der Waals surface area contributed by atoms with Gasteiger partial charge in [-0.25, -0.2) is 21.2 Å². The first-order valence-electron chi connectivity index (χ1n) is 10.2. The molecule has 0 unspecified atom stereocenters. The van der Waals surface area contributed by atoms with Gasteiger partial charge in [0, 0.05) is 30.8 Å². The number of amides is 1. The smallest absolute Gasteiger partial charge is 0.322 e. The van der Waals surface area contributed by atoms with Crippen LogP contribution in [0.1, 0.15) is 12.8 Å². The van der Waals surface area contributed by atoms with E-state index in [0.717, 1.165) is 18.4 Å². The normalized spacial score (nSPS) is 15.8. The number of rotatable bonds is 6.